The van der Waals surface area contributed by atoms with Crippen molar-refractivity contribution in [1.82, 2.24) is 4.98 Å². The lowest BCUT2D eigenvalue weighted by Gasteiger charge is -2.12. The number of nitrogens with two attached hydrogens (primary N) is 1. The van der Waals surface area contributed by atoms with Gasteiger partial charge in [-0.1, -0.05) is 0 Å². The SMILES string of the molecule is Cc1nc(C)c(C(O)C(C)N)s1. The molecule has 2 atom stereocenters. The summed E-state index contributed by atoms with van der Waals surface area (Å²) in [5.41, 5.74) is 6.47. The smallest absolute Gasteiger partial charge is 0.105 e. The van der Waals surface area contributed by atoms with E-state index in [-0.39, 0.29) is 6.04 Å². The van der Waals surface area contributed by atoms with E-state index >= 15 is 0 Å². The zero-order chi connectivity index (χ0) is 9.30. The van der Waals surface area contributed by atoms with Crippen LogP contribution in [0.1, 0.15) is 28.6 Å². The zero-order valence-corrected chi connectivity index (χ0v) is 8.35. The van der Waals surface area contributed by atoms with E-state index in [1.807, 2.05) is 13.8 Å². The Labute approximate surface area is 76.3 Å². The molecule has 1 heterocycles. The summed E-state index contributed by atoms with van der Waals surface area (Å²) < 4.78 is 0. The maximum Gasteiger partial charge on any atom is 0.105 e. The minimum atomic E-state index is -0.573. The van der Waals surface area contributed by atoms with Crippen LogP contribution in [-0.4, -0.2) is 16.1 Å². The van der Waals surface area contributed by atoms with Gasteiger partial charge in [0.2, 0.25) is 0 Å². The standard InChI is InChI=1S/C8H14N2OS/c1-4(9)7(11)8-5(2)10-6(3)12-8/h4,7,11H,9H2,1-3H3. The molecule has 0 spiro atoms. The molecule has 0 aliphatic carbocycles. The molecule has 0 aliphatic heterocycles. The normalized spacial score (nSPS) is 16.1. The van der Waals surface area contributed by atoms with Crippen molar-refractivity contribution in [3.63, 3.8) is 0 Å². The molecule has 0 amide bonds. The van der Waals surface area contributed by atoms with Crippen LogP contribution in [0, 0.1) is 13.8 Å². The first-order valence-corrected chi connectivity index (χ1v) is 4.71. The molecule has 0 radical (unpaired) electrons. The molecule has 1 aromatic rings. The molecule has 2 unspecified atom stereocenters. The van der Waals surface area contributed by atoms with Crippen LogP contribution in [0.15, 0.2) is 0 Å². The maximum atomic E-state index is 9.64. The summed E-state index contributed by atoms with van der Waals surface area (Å²) in [5, 5.41) is 10.6. The van der Waals surface area contributed by atoms with Gasteiger partial charge in [-0.15, -0.1) is 11.3 Å². The van der Waals surface area contributed by atoms with Gasteiger partial charge in [-0.3, -0.25) is 0 Å². The van der Waals surface area contributed by atoms with E-state index in [1.165, 1.54) is 11.3 Å². The van der Waals surface area contributed by atoms with Gasteiger partial charge in [0.05, 0.1) is 15.6 Å². The number of aromatic nitrogens is 1. The molecule has 68 valence electrons. The maximum absolute atomic E-state index is 9.64. The predicted molar refractivity (Wildman–Crippen MR) is 50.2 cm³/mol. The molecule has 4 heteroatoms. The van der Waals surface area contributed by atoms with E-state index in [1.54, 1.807) is 6.92 Å². The van der Waals surface area contributed by atoms with Gasteiger partial charge in [0.15, 0.2) is 0 Å². The van der Waals surface area contributed by atoms with Crippen LogP contribution in [0.5, 0.6) is 0 Å². The van der Waals surface area contributed by atoms with E-state index in [4.69, 9.17) is 5.73 Å². The van der Waals surface area contributed by atoms with Crippen LogP contribution >= 0.6 is 11.3 Å². The van der Waals surface area contributed by atoms with Crippen molar-refractivity contribution in [3.05, 3.63) is 15.6 Å². The van der Waals surface area contributed by atoms with Crippen molar-refractivity contribution in [2.75, 3.05) is 0 Å². The van der Waals surface area contributed by atoms with E-state index < -0.39 is 6.10 Å². The molecule has 0 fully saturated rings. The van der Waals surface area contributed by atoms with Gasteiger partial charge < -0.3 is 10.8 Å². The topological polar surface area (TPSA) is 59.1 Å². The average Bonchev–Trinajstić information content (AvgIpc) is 2.28. The number of nitrogens with zero attached hydrogens (tertiary/aromatic N) is 1. The fourth-order valence-corrected chi connectivity index (χ4v) is 2.09. The summed E-state index contributed by atoms with van der Waals surface area (Å²) in [5.74, 6) is 0. The largest absolute Gasteiger partial charge is 0.386 e. The molecule has 1 rings (SSSR count). The Morgan fingerprint density at radius 3 is 2.42 bits per heavy atom. The summed E-state index contributed by atoms with van der Waals surface area (Å²) in [4.78, 5) is 5.11. The monoisotopic (exact) mass is 186 g/mol. The van der Waals surface area contributed by atoms with Crippen LogP contribution in [0.4, 0.5) is 0 Å². The molecule has 0 aliphatic rings. The van der Waals surface area contributed by atoms with Crippen molar-refractivity contribution in [1.29, 1.82) is 0 Å². The second-order valence-corrected chi connectivity index (χ2v) is 4.22. The third kappa shape index (κ3) is 1.83. The van der Waals surface area contributed by atoms with Gasteiger partial charge >= 0.3 is 0 Å². The Hall–Kier alpha value is -0.450. The lowest BCUT2D eigenvalue weighted by Crippen LogP contribution is -2.24. The Bertz CT molecular complexity index is 270. The second-order valence-electron chi connectivity index (χ2n) is 2.99. The first kappa shape index (κ1) is 9.64. The molecule has 0 aromatic carbocycles. The van der Waals surface area contributed by atoms with Crippen LogP contribution in [0.25, 0.3) is 0 Å². The van der Waals surface area contributed by atoms with Crippen LogP contribution in [0.2, 0.25) is 0 Å². The van der Waals surface area contributed by atoms with E-state index in [0.717, 1.165) is 15.6 Å². The molecule has 3 N–H and O–H groups in total. The summed E-state index contributed by atoms with van der Waals surface area (Å²) >= 11 is 1.51. The molecular weight excluding hydrogens is 172 g/mol. The van der Waals surface area contributed by atoms with Crippen LogP contribution < -0.4 is 5.73 Å². The van der Waals surface area contributed by atoms with Crippen molar-refractivity contribution >= 4 is 11.3 Å². The van der Waals surface area contributed by atoms with Gasteiger partial charge in [-0.2, -0.15) is 0 Å². The van der Waals surface area contributed by atoms with Crippen LogP contribution in [-0.2, 0) is 0 Å². The number of hydrogen-bond donors (Lipinski definition) is 2. The molecular formula is C8H14N2OS. The number of aryl methyl sites for hydroxylation is 2. The lowest BCUT2D eigenvalue weighted by atomic mass is 10.1. The highest BCUT2D eigenvalue weighted by atomic mass is 32.1. The minimum absolute atomic E-state index is 0.233. The summed E-state index contributed by atoms with van der Waals surface area (Å²) in [6.07, 6.45) is -0.573. The molecule has 12 heavy (non-hydrogen) atoms. The van der Waals surface area contributed by atoms with Gasteiger partial charge in [-0.25, -0.2) is 4.98 Å². The first-order valence-electron chi connectivity index (χ1n) is 3.90. The number of aliphatic hydroxyl groups excluding tert-OH is 1. The van der Waals surface area contributed by atoms with Crippen molar-refractivity contribution in [2.45, 2.75) is 32.9 Å². The van der Waals surface area contributed by atoms with E-state index in [9.17, 15) is 5.11 Å². The van der Waals surface area contributed by atoms with Crippen molar-refractivity contribution in [2.24, 2.45) is 5.73 Å². The number of rotatable bonds is 2. The summed E-state index contributed by atoms with van der Waals surface area (Å²) in [6.45, 7) is 5.61. The molecule has 0 saturated carbocycles. The van der Waals surface area contributed by atoms with Crippen molar-refractivity contribution in [3.8, 4) is 0 Å². The van der Waals surface area contributed by atoms with E-state index in [2.05, 4.69) is 4.98 Å². The Balaban J connectivity index is 2.94. The highest BCUT2D eigenvalue weighted by Crippen LogP contribution is 2.25. The first-order chi connectivity index (χ1) is 5.52. The lowest BCUT2D eigenvalue weighted by molar-refractivity contribution is 0.156. The Morgan fingerprint density at radius 1 is 1.50 bits per heavy atom. The Morgan fingerprint density at radius 2 is 2.08 bits per heavy atom. The molecule has 3 nitrogen and oxygen atoms in total. The highest BCUT2D eigenvalue weighted by Gasteiger charge is 2.17. The van der Waals surface area contributed by atoms with E-state index in [0.29, 0.717) is 0 Å². The summed E-state index contributed by atoms with van der Waals surface area (Å²) in [6, 6.07) is -0.233. The summed E-state index contributed by atoms with van der Waals surface area (Å²) in [7, 11) is 0. The number of aliphatic hydroxyl groups is 1. The number of hydrogen-bond acceptors (Lipinski definition) is 4. The predicted octanol–water partition coefficient (Wildman–Crippen LogP) is 1.14. The van der Waals surface area contributed by atoms with Gasteiger partial charge in [0.1, 0.15) is 6.10 Å². The number of thiazole rings is 1. The highest BCUT2D eigenvalue weighted by molar-refractivity contribution is 7.11. The zero-order valence-electron chi connectivity index (χ0n) is 7.53. The molecule has 0 saturated heterocycles. The Kier molecular flexibility index (Phi) is 2.82. The average molecular weight is 186 g/mol. The third-order valence-corrected chi connectivity index (χ3v) is 2.85. The minimum Gasteiger partial charge on any atom is -0.386 e. The third-order valence-electron chi connectivity index (χ3n) is 1.71. The second kappa shape index (κ2) is 3.51. The quantitative estimate of drug-likeness (QED) is 0.728. The fraction of sp³-hybridized carbons (Fsp3) is 0.625. The van der Waals surface area contributed by atoms with Crippen molar-refractivity contribution < 1.29 is 5.11 Å². The van der Waals surface area contributed by atoms with Gasteiger partial charge in [0, 0.05) is 6.04 Å². The van der Waals surface area contributed by atoms with Gasteiger partial charge in [0.25, 0.3) is 0 Å². The van der Waals surface area contributed by atoms with Crippen LogP contribution in [0.3, 0.4) is 0 Å². The van der Waals surface area contributed by atoms with Gasteiger partial charge in [-0.05, 0) is 20.8 Å². The molecule has 1 aromatic heterocycles. The molecule has 0 bridgehead atoms. The fourth-order valence-electron chi connectivity index (χ4n) is 1.06.